The first kappa shape index (κ1) is 16.8. The molecule has 8 heteroatoms. The SMILES string of the molecule is CCN(C(=O)O)c1nc(N)c(C#Cc2cccc(C#N)c2)c2nc[nH]c12. The smallest absolute Gasteiger partial charge is 0.413 e. The summed E-state index contributed by atoms with van der Waals surface area (Å²) in [6, 6.07) is 8.92. The van der Waals surface area contributed by atoms with E-state index in [4.69, 9.17) is 11.0 Å². The quantitative estimate of drug-likeness (QED) is 0.610. The number of benzene rings is 1. The number of imidazole rings is 1. The van der Waals surface area contributed by atoms with Crippen LogP contribution in [-0.2, 0) is 0 Å². The number of H-pyrrole nitrogens is 1. The molecule has 0 saturated heterocycles. The van der Waals surface area contributed by atoms with E-state index >= 15 is 0 Å². The molecule has 0 aliphatic rings. The van der Waals surface area contributed by atoms with Crippen molar-refractivity contribution in [1.82, 2.24) is 15.0 Å². The van der Waals surface area contributed by atoms with E-state index in [9.17, 15) is 9.90 Å². The first-order chi connectivity index (χ1) is 12.5. The van der Waals surface area contributed by atoms with Gasteiger partial charge in [0, 0.05) is 12.1 Å². The first-order valence-corrected chi connectivity index (χ1v) is 7.70. The van der Waals surface area contributed by atoms with Crippen molar-refractivity contribution in [2.75, 3.05) is 17.2 Å². The molecular weight excluding hydrogens is 332 g/mol. The molecule has 2 aromatic heterocycles. The topological polar surface area (TPSA) is 132 Å². The average molecular weight is 346 g/mol. The number of hydrogen-bond acceptors (Lipinski definition) is 5. The normalized spacial score (nSPS) is 10.0. The molecular formula is C18H14N6O2. The number of rotatable bonds is 2. The van der Waals surface area contributed by atoms with E-state index in [1.165, 1.54) is 6.33 Å². The second kappa shape index (κ2) is 6.83. The first-order valence-electron chi connectivity index (χ1n) is 7.70. The predicted molar refractivity (Wildman–Crippen MR) is 96.5 cm³/mol. The molecule has 3 aromatic rings. The largest absolute Gasteiger partial charge is 0.465 e. The number of carboxylic acid groups (broad SMARTS) is 1. The number of nitrogens with two attached hydrogens (primary N) is 1. The number of nitriles is 1. The molecule has 0 atom stereocenters. The molecule has 0 spiro atoms. The third-order valence-electron chi connectivity index (χ3n) is 3.71. The zero-order chi connectivity index (χ0) is 18.7. The summed E-state index contributed by atoms with van der Waals surface area (Å²) >= 11 is 0. The third kappa shape index (κ3) is 2.99. The molecule has 8 nitrogen and oxygen atoms in total. The fourth-order valence-electron chi connectivity index (χ4n) is 2.50. The lowest BCUT2D eigenvalue weighted by Crippen LogP contribution is -2.30. The van der Waals surface area contributed by atoms with Gasteiger partial charge in [0.1, 0.15) is 16.9 Å². The van der Waals surface area contributed by atoms with E-state index in [-0.39, 0.29) is 18.2 Å². The standard InChI is InChI=1S/C18H14N6O2/c1-2-24(18(25)26)17-15-14(21-10-22-15)13(16(20)23-17)7-6-11-4-3-5-12(8-11)9-19/h3-5,8,10H,2H2,1H3,(H2,20,23)(H,21,22)(H,25,26). The maximum Gasteiger partial charge on any atom is 0.413 e. The van der Waals surface area contributed by atoms with Crippen LogP contribution < -0.4 is 10.6 Å². The van der Waals surface area contributed by atoms with Gasteiger partial charge < -0.3 is 15.8 Å². The van der Waals surface area contributed by atoms with Crippen molar-refractivity contribution in [2.45, 2.75) is 6.92 Å². The van der Waals surface area contributed by atoms with Gasteiger partial charge in [-0.05, 0) is 25.1 Å². The molecule has 0 aliphatic carbocycles. The number of nitrogens with zero attached hydrogens (tertiary/aromatic N) is 4. The zero-order valence-electron chi connectivity index (χ0n) is 13.8. The Morgan fingerprint density at radius 2 is 2.15 bits per heavy atom. The number of fused-ring (bicyclic) bond motifs is 1. The Bertz CT molecular complexity index is 1100. The van der Waals surface area contributed by atoms with E-state index in [2.05, 4.69) is 32.9 Å². The number of amides is 1. The molecule has 0 radical (unpaired) electrons. The molecule has 3 rings (SSSR count). The molecule has 128 valence electrons. The summed E-state index contributed by atoms with van der Waals surface area (Å²) in [5.41, 5.74) is 8.45. The van der Waals surface area contributed by atoms with Crippen molar-refractivity contribution in [1.29, 1.82) is 5.26 Å². The lowest BCUT2D eigenvalue weighted by molar-refractivity contribution is 0.202. The van der Waals surface area contributed by atoms with Crippen LogP contribution in [-0.4, -0.2) is 32.7 Å². The third-order valence-corrected chi connectivity index (χ3v) is 3.71. The van der Waals surface area contributed by atoms with Gasteiger partial charge >= 0.3 is 6.09 Å². The molecule has 0 bridgehead atoms. The van der Waals surface area contributed by atoms with Gasteiger partial charge in [-0.25, -0.2) is 14.8 Å². The number of nitrogen functional groups attached to an aromatic ring is 1. The number of hydrogen-bond donors (Lipinski definition) is 3. The van der Waals surface area contributed by atoms with Gasteiger partial charge in [-0.2, -0.15) is 5.26 Å². The lowest BCUT2D eigenvalue weighted by atomic mass is 10.1. The summed E-state index contributed by atoms with van der Waals surface area (Å²) < 4.78 is 0. The van der Waals surface area contributed by atoms with Crippen molar-refractivity contribution in [3.8, 4) is 17.9 Å². The lowest BCUT2D eigenvalue weighted by Gasteiger charge is -2.17. The van der Waals surface area contributed by atoms with Crippen LogP contribution in [0.1, 0.15) is 23.6 Å². The van der Waals surface area contributed by atoms with Crippen LogP contribution in [0.15, 0.2) is 30.6 Å². The van der Waals surface area contributed by atoms with Crippen molar-refractivity contribution < 1.29 is 9.90 Å². The van der Waals surface area contributed by atoms with Gasteiger partial charge in [0.15, 0.2) is 5.82 Å². The fourth-order valence-corrected chi connectivity index (χ4v) is 2.50. The average Bonchev–Trinajstić information content (AvgIpc) is 3.11. The molecule has 1 amide bonds. The molecule has 4 N–H and O–H groups in total. The second-order valence-electron chi connectivity index (χ2n) is 5.29. The summed E-state index contributed by atoms with van der Waals surface area (Å²) in [4.78, 5) is 23.8. The minimum atomic E-state index is -1.14. The molecule has 26 heavy (non-hydrogen) atoms. The van der Waals surface area contributed by atoms with Crippen molar-refractivity contribution in [2.24, 2.45) is 0 Å². The Labute approximate surface area is 148 Å². The van der Waals surface area contributed by atoms with E-state index < -0.39 is 6.09 Å². The summed E-state index contributed by atoms with van der Waals surface area (Å²) in [6.07, 6.45) is 0.300. The molecule has 0 saturated carbocycles. The number of aromatic amines is 1. The van der Waals surface area contributed by atoms with E-state index in [0.29, 0.717) is 27.7 Å². The van der Waals surface area contributed by atoms with Gasteiger partial charge in [-0.15, -0.1) is 0 Å². The van der Waals surface area contributed by atoms with Crippen LogP contribution in [0.5, 0.6) is 0 Å². The zero-order valence-corrected chi connectivity index (χ0v) is 13.8. The summed E-state index contributed by atoms with van der Waals surface area (Å²) in [5, 5.41) is 18.3. The number of carbonyl (C=O) groups is 1. The van der Waals surface area contributed by atoms with Crippen LogP contribution in [0.2, 0.25) is 0 Å². The summed E-state index contributed by atoms with van der Waals surface area (Å²) in [5.74, 6) is 6.14. The molecule has 0 aliphatic heterocycles. The number of anilines is 2. The Morgan fingerprint density at radius 3 is 2.85 bits per heavy atom. The van der Waals surface area contributed by atoms with Crippen molar-refractivity contribution in [3.05, 3.63) is 47.3 Å². The minimum absolute atomic E-state index is 0.0863. The highest BCUT2D eigenvalue weighted by Gasteiger charge is 2.21. The van der Waals surface area contributed by atoms with Gasteiger partial charge in [-0.1, -0.05) is 17.9 Å². The van der Waals surface area contributed by atoms with Crippen LogP contribution in [0, 0.1) is 23.2 Å². The Kier molecular flexibility index (Phi) is 4.42. The van der Waals surface area contributed by atoms with E-state index in [0.717, 1.165) is 4.90 Å². The van der Waals surface area contributed by atoms with Gasteiger partial charge in [-0.3, -0.25) is 4.90 Å². The molecule has 0 unspecified atom stereocenters. The van der Waals surface area contributed by atoms with Crippen molar-refractivity contribution in [3.63, 3.8) is 0 Å². The number of pyridine rings is 1. The van der Waals surface area contributed by atoms with Gasteiger partial charge in [0.2, 0.25) is 0 Å². The Hall–Kier alpha value is -4.04. The Morgan fingerprint density at radius 1 is 1.38 bits per heavy atom. The molecule has 1 aromatic carbocycles. The van der Waals surface area contributed by atoms with Gasteiger partial charge in [0.25, 0.3) is 0 Å². The molecule has 2 heterocycles. The highest BCUT2D eigenvalue weighted by atomic mass is 16.4. The fraction of sp³-hybridized carbons (Fsp3) is 0.111. The van der Waals surface area contributed by atoms with Crippen LogP contribution in [0.4, 0.5) is 16.4 Å². The number of nitrogens with one attached hydrogen (secondary N) is 1. The van der Waals surface area contributed by atoms with Crippen LogP contribution >= 0.6 is 0 Å². The highest BCUT2D eigenvalue weighted by molar-refractivity contribution is 5.99. The van der Waals surface area contributed by atoms with Crippen LogP contribution in [0.3, 0.4) is 0 Å². The predicted octanol–water partition coefficient (Wildman–Crippen LogP) is 2.32. The second-order valence-corrected chi connectivity index (χ2v) is 5.29. The monoisotopic (exact) mass is 346 g/mol. The highest BCUT2D eigenvalue weighted by Crippen LogP contribution is 2.28. The van der Waals surface area contributed by atoms with E-state index in [1.807, 2.05) is 0 Å². The van der Waals surface area contributed by atoms with Crippen molar-refractivity contribution >= 4 is 28.8 Å². The van der Waals surface area contributed by atoms with Gasteiger partial charge in [0.05, 0.1) is 23.5 Å². The number of aromatic nitrogens is 3. The summed E-state index contributed by atoms with van der Waals surface area (Å²) in [7, 11) is 0. The van der Waals surface area contributed by atoms with E-state index in [1.54, 1.807) is 31.2 Å². The maximum atomic E-state index is 11.4. The summed E-state index contributed by atoms with van der Waals surface area (Å²) in [6.45, 7) is 1.91. The molecule has 0 fully saturated rings. The maximum absolute atomic E-state index is 11.4. The minimum Gasteiger partial charge on any atom is -0.465 e. The van der Waals surface area contributed by atoms with Crippen LogP contribution in [0.25, 0.3) is 11.0 Å². The Balaban J connectivity index is 2.14.